The molecule has 150 valence electrons. The number of para-hydroxylation sites is 1. The number of benzene rings is 3. The first-order valence-corrected chi connectivity index (χ1v) is 11.7. The molecule has 0 spiro atoms. The van der Waals surface area contributed by atoms with E-state index in [2.05, 4.69) is 71.6 Å². The Morgan fingerprint density at radius 2 is 1.40 bits per heavy atom. The van der Waals surface area contributed by atoms with Crippen LogP contribution in [-0.4, -0.2) is 13.1 Å². The molecule has 1 saturated heterocycles. The van der Waals surface area contributed by atoms with Crippen LogP contribution in [-0.2, 0) is 12.8 Å². The van der Waals surface area contributed by atoms with Gasteiger partial charge in [0.1, 0.15) is 0 Å². The Balaban J connectivity index is 1.62. The maximum Gasteiger partial charge on any atom is 0.0442 e. The molecular formula is C29H29N. The van der Waals surface area contributed by atoms with Crippen molar-refractivity contribution in [2.24, 2.45) is 0 Å². The molecule has 3 aromatic carbocycles. The minimum absolute atomic E-state index is 1.04. The van der Waals surface area contributed by atoms with Crippen LogP contribution >= 0.6 is 0 Å². The zero-order valence-corrected chi connectivity index (χ0v) is 17.7. The van der Waals surface area contributed by atoms with Crippen LogP contribution in [0.4, 0.5) is 5.69 Å². The van der Waals surface area contributed by atoms with E-state index in [0.29, 0.717) is 0 Å². The van der Waals surface area contributed by atoms with E-state index >= 15 is 0 Å². The van der Waals surface area contributed by atoms with Crippen molar-refractivity contribution in [1.82, 2.24) is 0 Å². The summed E-state index contributed by atoms with van der Waals surface area (Å²) < 4.78 is 0. The summed E-state index contributed by atoms with van der Waals surface area (Å²) in [6.07, 6.45) is 11.2. The van der Waals surface area contributed by atoms with Crippen molar-refractivity contribution < 1.29 is 0 Å². The van der Waals surface area contributed by atoms with Gasteiger partial charge in [-0.15, -0.1) is 0 Å². The fraction of sp³-hybridized carbons (Fsp3) is 0.310. The van der Waals surface area contributed by atoms with Crippen molar-refractivity contribution >= 4 is 17.3 Å². The van der Waals surface area contributed by atoms with Crippen LogP contribution in [0.3, 0.4) is 0 Å². The van der Waals surface area contributed by atoms with E-state index in [1.54, 1.807) is 11.1 Å². The lowest BCUT2D eigenvalue weighted by Gasteiger charge is -2.32. The molecule has 0 saturated carbocycles. The lowest BCUT2D eigenvalue weighted by molar-refractivity contribution is 0.577. The second-order valence-corrected chi connectivity index (χ2v) is 9.02. The van der Waals surface area contributed by atoms with Gasteiger partial charge in [0.05, 0.1) is 0 Å². The zero-order chi connectivity index (χ0) is 19.9. The normalized spacial score (nSPS) is 17.6. The molecule has 6 rings (SSSR count). The molecule has 2 aliphatic carbocycles. The minimum atomic E-state index is 1.04. The molecule has 1 heteroatoms. The van der Waals surface area contributed by atoms with Crippen LogP contribution in [0.25, 0.3) is 22.8 Å². The van der Waals surface area contributed by atoms with Gasteiger partial charge in [-0.1, -0.05) is 60.7 Å². The summed E-state index contributed by atoms with van der Waals surface area (Å²) in [5, 5.41) is 3.02. The summed E-state index contributed by atoms with van der Waals surface area (Å²) in [6.45, 7) is 2.40. The van der Waals surface area contributed by atoms with Crippen LogP contribution in [0.2, 0.25) is 0 Å². The van der Waals surface area contributed by atoms with Gasteiger partial charge < -0.3 is 4.90 Å². The number of anilines is 1. The SMILES string of the molecule is C1=c2c(ccc3c2=C(c2ccccc2N2CCCCC2)CCC3)-c2ccccc2C1. The molecule has 1 nitrogen and oxygen atoms in total. The summed E-state index contributed by atoms with van der Waals surface area (Å²) >= 11 is 0. The monoisotopic (exact) mass is 391 g/mol. The highest BCUT2D eigenvalue weighted by molar-refractivity contribution is 5.81. The van der Waals surface area contributed by atoms with Gasteiger partial charge in [-0.3, -0.25) is 0 Å². The van der Waals surface area contributed by atoms with E-state index in [1.807, 2.05) is 0 Å². The van der Waals surface area contributed by atoms with Gasteiger partial charge in [0.2, 0.25) is 0 Å². The Morgan fingerprint density at radius 1 is 0.600 bits per heavy atom. The molecule has 0 atom stereocenters. The summed E-state index contributed by atoms with van der Waals surface area (Å²) in [5.41, 5.74) is 10.3. The van der Waals surface area contributed by atoms with Gasteiger partial charge in [-0.05, 0) is 89.3 Å². The zero-order valence-electron chi connectivity index (χ0n) is 17.7. The fourth-order valence-electron chi connectivity index (χ4n) is 5.84. The minimum Gasteiger partial charge on any atom is -0.371 e. The molecule has 0 unspecified atom stereocenters. The standard InChI is InChI=1S/C29H29N/c1-6-19-30(20-7-1)28-14-5-4-12-25(28)26-13-8-10-22-16-17-24-23-11-3-2-9-21(23)15-18-27(24)29(22)26/h2-5,9,11-12,14,16-18H,1,6-8,10,13,15,19-20H2. The molecule has 0 aromatic heterocycles. The molecule has 0 amide bonds. The van der Waals surface area contributed by atoms with E-state index in [0.717, 1.165) is 6.42 Å². The van der Waals surface area contributed by atoms with Gasteiger partial charge in [-0.25, -0.2) is 0 Å². The molecule has 3 aliphatic rings. The number of hydrogen-bond donors (Lipinski definition) is 0. The van der Waals surface area contributed by atoms with Gasteiger partial charge in [-0.2, -0.15) is 0 Å². The van der Waals surface area contributed by atoms with Crippen molar-refractivity contribution in [3.05, 3.63) is 87.8 Å². The summed E-state index contributed by atoms with van der Waals surface area (Å²) in [4.78, 5) is 2.63. The Morgan fingerprint density at radius 3 is 2.30 bits per heavy atom. The van der Waals surface area contributed by atoms with Crippen molar-refractivity contribution in [1.29, 1.82) is 0 Å². The third-order valence-electron chi connectivity index (χ3n) is 7.27. The largest absolute Gasteiger partial charge is 0.371 e. The first kappa shape index (κ1) is 18.0. The van der Waals surface area contributed by atoms with Gasteiger partial charge in [0.15, 0.2) is 0 Å². The molecule has 1 aliphatic heterocycles. The molecule has 1 fully saturated rings. The van der Waals surface area contributed by atoms with Gasteiger partial charge >= 0.3 is 0 Å². The summed E-state index contributed by atoms with van der Waals surface area (Å²) in [7, 11) is 0. The van der Waals surface area contributed by atoms with Crippen molar-refractivity contribution in [3.63, 3.8) is 0 Å². The summed E-state index contributed by atoms with van der Waals surface area (Å²) in [6, 6.07) is 22.9. The van der Waals surface area contributed by atoms with Gasteiger partial charge in [0.25, 0.3) is 0 Å². The van der Waals surface area contributed by atoms with E-state index in [-0.39, 0.29) is 0 Å². The second kappa shape index (κ2) is 7.47. The quantitative estimate of drug-likeness (QED) is 0.579. The lowest BCUT2D eigenvalue weighted by atomic mass is 9.82. The number of piperidine rings is 1. The third kappa shape index (κ3) is 2.91. The average Bonchev–Trinajstić information content (AvgIpc) is 2.84. The van der Waals surface area contributed by atoms with E-state index < -0.39 is 0 Å². The highest BCUT2D eigenvalue weighted by Gasteiger charge is 2.21. The maximum absolute atomic E-state index is 2.63. The molecule has 30 heavy (non-hydrogen) atoms. The predicted octanol–water partition coefficient (Wildman–Crippen LogP) is 5.22. The first-order valence-electron chi connectivity index (χ1n) is 11.7. The highest BCUT2D eigenvalue weighted by Crippen LogP contribution is 2.33. The molecule has 1 heterocycles. The topological polar surface area (TPSA) is 3.24 Å². The molecular weight excluding hydrogens is 362 g/mol. The third-order valence-corrected chi connectivity index (χ3v) is 7.27. The Hall–Kier alpha value is -2.80. The highest BCUT2D eigenvalue weighted by atomic mass is 15.1. The van der Waals surface area contributed by atoms with Crippen molar-refractivity contribution in [2.75, 3.05) is 18.0 Å². The number of nitrogens with zero attached hydrogens (tertiary/aromatic N) is 1. The van der Waals surface area contributed by atoms with Crippen LogP contribution < -0.4 is 15.3 Å². The average molecular weight is 392 g/mol. The van der Waals surface area contributed by atoms with Crippen LogP contribution in [0, 0.1) is 0 Å². The van der Waals surface area contributed by atoms with Crippen LogP contribution in [0.1, 0.15) is 48.8 Å². The smallest absolute Gasteiger partial charge is 0.0442 e. The molecule has 3 aromatic rings. The Labute approximate surface area is 179 Å². The second-order valence-electron chi connectivity index (χ2n) is 9.02. The lowest BCUT2D eigenvalue weighted by Crippen LogP contribution is -2.37. The van der Waals surface area contributed by atoms with Crippen molar-refractivity contribution in [2.45, 2.75) is 44.9 Å². The van der Waals surface area contributed by atoms with E-state index in [9.17, 15) is 0 Å². The number of rotatable bonds is 2. The number of hydrogen-bond acceptors (Lipinski definition) is 1. The van der Waals surface area contributed by atoms with Crippen molar-refractivity contribution in [3.8, 4) is 11.1 Å². The van der Waals surface area contributed by atoms with Crippen LogP contribution in [0.5, 0.6) is 0 Å². The molecule has 0 bridgehead atoms. The van der Waals surface area contributed by atoms with Gasteiger partial charge in [0, 0.05) is 24.3 Å². The van der Waals surface area contributed by atoms with E-state index in [1.165, 1.54) is 90.0 Å². The fourth-order valence-corrected chi connectivity index (χ4v) is 5.84. The van der Waals surface area contributed by atoms with Crippen LogP contribution in [0.15, 0.2) is 60.7 Å². The van der Waals surface area contributed by atoms with E-state index in [4.69, 9.17) is 0 Å². The maximum atomic E-state index is 2.63. The predicted molar refractivity (Wildman–Crippen MR) is 127 cm³/mol. The Kier molecular flexibility index (Phi) is 4.48. The Bertz CT molecular complexity index is 1230. The first-order chi connectivity index (χ1) is 14.9. The molecule has 0 radical (unpaired) electrons. The number of aryl methyl sites for hydroxylation is 1. The summed E-state index contributed by atoms with van der Waals surface area (Å²) in [5.74, 6) is 0. The number of fused-ring (bicyclic) bond motifs is 5. The molecule has 0 N–H and O–H groups in total.